The molecule has 0 aromatic heterocycles. The van der Waals surface area contributed by atoms with Gasteiger partial charge in [0, 0.05) is 13.1 Å². The molecule has 1 amide bonds. The number of ether oxygens (including phenoxy) is 1. The third-order valence-electron chi connectivity index (χ3n) is 3.26. The second-order valence-corrected chi connectivity index (χ2v) is 4.75. The highest BCUT2D eigenvalue weighted by Crippen LogP contribution is 2.18. The van der Waals surface area contributed by atoms with E-state index >= 15 is 0 Å². The van der Waals surface area contributed by atoms with E-state index in [1.54, 1.807) is 11.8 Å². The number of nitrogens with zero attached hydrogens (tertiary/aromatic N) is 1. The van der Waals surface area contributed by atoms with Crippen LogP contribution in [0.1, 0.15) is 25.3 Å². The van der Waals surface area contributed by atoms with E-state index < -0.39 is 0 Å². The highest BCUT2D eigenvalue weighted by Gasteiger charge is 2.21. The van der Waals surface area contributed by atoms with Crippen molar-refractivity contribution in [2.75, 3.05) is 13.1 Å². The van der Waals surface area contributed by atoms with E-state index in [1.165, 1.54) is 0 Å². The summed E-state index contributed by atoms with van der Waals surface area (Å²) in [6.45, 7) is 3.10. The number of hydrogen-bond donors (Lipinski definition) is 1. The van der Waals surface area contributed by atoms with E-state index in [4.69, 9.17) is 4.74 Å². The van der Waals surface area contributed by atoms with Crippen molar-refractivity contribution in [3.05, 3.63) is 47.2 Å². The number of likely N-dealkylation sites (tertiary alicyclic amines) is 1. The van der Waals surface area contributed by atoms with Gasteiger partial charge in [0.1, 0.15) is 6.61 Å². The van der Waals surface area contributed by atoms with Crippen LogP contribution < -0.4 is 0 Å². The van der Waals surface area contributed by atoms with Crippen LogP contribution in [0.25, 0.3) is 0 Å². The largest absolute Gasteiger partial charge is 0.513 e. The lowest BCUT2D eigenvalue weighted by molar-refractivity contribution is 0.0947. The Balaban J connectivity index is 1.88. The number of piperidine rings is 1. The number of rotatable bonds is 2. The lowest BCUT2D eigenvalue weighted by Crippen LogP contribution is -2.37. The molecule has 19 heavy (non-hydrogen) atoms. The number of amides is 1. The summed E-state index contributed by atoms with van der Waals surface area (Å²) in [6.07, 6.45) is 1.40. The van der Waals surface area contributed by atoms with Crippen molar-refractivity contribution in [1.82, 2.24) is 4.90 Å². The van der Waals surface area contributed by atoms with Crippen molar-refractivity contribution in [2.24, 2.45) is 0 Å². The van der Waals surface area contributed by atoms with Crippen molar-refractivity contribution in [2.45, 2.75) is 26.4 Å². The molecule has 0 bridgehead atoms. The van der Waals surface area contributed by atoms with Gasteiger partial charge in [-0.1, -0.05) is 30.3 Å². The Labute approximate surface area is 113 Å². The van der Waals surface area contributed by atoms with Crippen LogP contribution in [0.5, 0.6) is 0 Å². The molecular weight excluding hydrogens is 242 g/mol. The van der Waals surface area contributed by atoms with E-state index in [1.807, 2.05) is 30.3 Å². The molecule has 0 aliphatic carbocycles. The monoisotopic (exact) mass is 261 g/mol. The molecule has 1 fully saturated rings. The third-order valence-corrected chi connectivity index (χ3v) is 3.26. The molecule has 0 atom stereocenters. The average Bonchev–Trinajstić information content (AvgIpc) is 2.46. The number of aliphatic hydroxyl groups excluding tert-OH is 1. The van der Waals surface area contributed by atoms with Gasteiger partial charge in [0.25, 0.3) is 0 Å². The summed E-state index contributed by atoms with van der Waals surface area (Å²) >= 11 is 0. The van der Waals surface area contributed by atoms with Crippen LogP contribution in [0, 0.1) is 0 Å². The van der Waals surface area contributed by atoms with Gasteiger partial charge in [-0.3, -0.25) is 0 Å². The second-order valence-electron chi connectivity index (χ2n) is 4.75. The fraction of sp³-hybridized carbons (Fsp3) is 0.400. The molecule has 1 aliphatic rings. The molecule has 4 nitrogen and oxygen atoms in total. The van der Waals surface area contributed by atoms with Crippen molar-refractivity contribution < 1.29 is 14.6 Å². The summed E-state index contributed by atoms with van der Waals surface area (Å²) < 4.78 is 5.28. The van der Waals surface area contributed by atoms with Gasteiger partial charge in [0.15, 0.2) is 0 Å². The molecular formula is C15H19NO3. The third kappa shape index (κ3) is 3.74. The molecule has 0 spiro atoms. The summed E-state index contributed by atoms with van der Waals surface area (Å²) in [4.78, 5) is 13.6. The summed E-state index contributed by atoms with van der Waals surface area (Å²) in [6, 6.07) is 9.61. The van der Waals surface area contributed by atoms with Crippen molar-refractivity contribution in [1.29, 1.82) is 0 Å². The Kier molecular flexibility index (Phi) is 4.44. The SMILES string of the molecule is CC(O)=C1CCCN(C(=O)OCc2ccccc2)C1. The minimum atomic E-state index is -0.317. The summed E-state index contributed by atoms with van der Waals surface area (Å²) in [7, 11) is 0. The molecule has 0 unspecified atom stereocenters. The molecule has 1 aromatic carbocycles. The molecule has 0 saturated carbocycles. The Morgan fingerprint density at radius 2 is 2.11 bits per heavy atom. The average molecular weight is 261 g/mol. The quantitative estimate of drug-likeness (QED) is 0.831. The van der Waals surface area contributed by atoms with Crippen LogP contribution in [0.3, 0.4) is 0 Å². The Morgan fingerprint density at radius 3 is 2.79 bits per heavy atom. The smallest absolute Gasteiger partial charge is 0.410 e. The first-order chi connectivity index (χ1) is 9.16. The zero-order valence-electron chi connectivity index (χ0n) is 11.1. The summed E-state index contributed by atoms with van der Waals surface area (Å²) in [5.41, 5.74) is 1.89. The maximum Gasteiger partial charge on any atom is 0.410 e. The van der Waals surface area contributed by atoms with Crippen LogP contribution >= 0.6 is 0 Å². The Hall–Kier alpha value is -1.97. The number of carbonyl (C=O) groups excluding carboxylic acids is 1. The van der Waals surface area contributed by atoms with Crippen LogP contribution in [0.15, 0.2) is 41.7 Å². The molecule has 1 N–H and O–H groups in total. The number of benzene rings is 1. The standard InChI is InChI=1S/C15H19NO3/c1-12(17)14-8-5-9-16(10-14)15(18)19-11-13-6-3-2-4-7-13/h2-4,6-7,17H,5,8-11H2,1H3. The fourth-order valence-corrected chi connectivity index (χ4v) is 2.13. The molecule has 1 aliphatic heterocycles. The minimum absolute atomic E-state index is 0.285. The van der Waals surface area contributed by atoms with E-state index in [0.29, 0.717) is 18.8 Å². The summed E-state index contributed by atoms with van der Waals surface area (Å²) in [5.74, 6) is 0.320. The topological polar surface area (TPSA) is 49.8 Å². The first-order valence-corrected chi connectivity index (χ1v) is 6.50. The van der Waals surface area contributed by atoms with Crippen LogP contribution in [-0.4, -0.2) is 29.2 Å². The molecule has 1 saturated heterocycles. The zero-order valence-corrected chi connectivity index (χ0v) is 11.1. The lowest BCUT2D eigenvalue weighted by atomic mass is 10.0. The molecule has 2 rings (SSSR count). The number of carbonyl (C=O) groups is 1. The van der Waals surface area contributed by atoms with E-state index in [0.717, 1.165) is 24.0 Å². The van der Waals surface area contributed by atoms with Gasteiger partial charge >= 0.3 is 6.09 Å². The van der Waals surface area contributed by atoms with E-state index in [2.05, 4.69) is 0 Å². The highest BCUT2D eigenvalue weighted by atomic mass is 16.6. The highest BCUT2D eigenvalue weighted by molar-refractivity contribution is 5.68. The Bertz CT molecular complexity index is 464. The maximum atomic E-state index is 11.9. The zero-order chi connectivity index (χ0) is 13.7. The molecule has 1 heterocycles. The van der Waals surface area contributed by atoms with Gasteiger partial charge in [-0.05, 0) is 30.9 Å². The van der Waals surface area contributed by atoms with Gasteiger partial charge in [0.05, 0.1) is 5.76 Å². The predicted octanol–water partition coefficient (Wildman–Crippen LogP) is 3.25. The predicted molar refractivity (Wildman–Crippen MR) is 72.8 cm³/mol. The number of hydrogen-bond acceptors (Lipinski definition) is 3. The molecule has 102 valence electrons. The van der Waals surface area contributed by atoms with Crippen molar-refractivity contribution in [3.8, 4) is 0 Å². The lowest BCUT2D eigenvalue weighted by Gasteiger charge is -2.28. The van der Waals surface area contributed by atoms with Gasteiger partial charge in [-0.2, -0.15) is 0 Å². The molecule has 0 radical (unpaired) electrons. The van der Waals surface area contributed by atoms with Crippen molar-refractivity contribution >= 4 is 6.09 Å². The Morgan fingerprint density at radius 1 is 1.37 bits per heavy atom. The number of allylic oxidation sites excluding steroid dienone is 1. The molecule has 1 aromatic rings. The summed E-state index contributed by atoms with van der Waals surface area (Å²) in [5, 5.41) is 9.49. The van der Waals surface area contributed by atoms with Crippen LogP contribution in [0.2, 0.25) is 0 Å². The molecule has 4 heteroatoms. The second kappa shape index (κ2) is 6.27. The van der Waals surface area contributed by atoms with Crippen LogP contribution in [0.4, 0.5) is 4.79 Å². The van der Waals surface area contributed by atoms with E-state index in [-0.39, 0.29) is 12.7 Å². The minimum Gasteiger partial charge on any atom is -0.513 e. The van der Waals surface area contributed by atoms with Gasteiger partial charge in [-0.25, -0.2) is 4.79 Å². The first kappa shape index (κ1) is 13.5. The van der Waals surface area contributed by atoms with E-state index in [9.17, 15) is 9.90 Å². The van der Waals surface area contributed by atoms with Gasteiger partial charge in [0.2, 0.25) is 0 Å². The van der Waals surface area contributed by atoms with Crippen LogP contribution in [-0.2, 0) is 11.3 Å². The maximum absolute atomic E-state index is 11.9. The van der Waals surface area contributed by atoms with Gasteiger partial charge in [-0.15, -0.1) is 0 Å². The fourth-order valence-electron chi connectivity index (χ4n) is 2.13. The van der Waals surface area contributed by atoms with Gasteiger partial charge < -0.3 is 14.7 Å². The first-order valence-electron chi connectivity index (χ1n) is 6.50. The normalized spacial score (nSPS) is 18.1. The number of aliphatic hydroxyl groups is 1. The van der Waals surface area contributed by atoms with Crippen molar-refractivity contribution in [3.63, 3.8) is 0 Å².